The van der Waals surface area contributed by atoms with Crippen molar-refractivity contribution in [2.45, 2.75) is 57.9 Å². The van der Waals surface area contributed by atoms with Gasteiger partial charge in [-0.25, -0.2) is 0 Å². The van der Waals surface area contributed by atoms with Gasteiger partial charge in [-0.05, 0) is 31.3 Å². The van der Waals surface area contributed by atoms with Crippen molar-refractivity contribution in [3.8, 4) is 0 Å². The van der Waals surface area contributed by atoms with Crippen LogP contribution in [0.5, 0.6) is 0 Å². The van der Waals surface area contributed by atoms with Crippen LogP contribution in [0.25, 0.3) is 0 Å². The Balaban J connectivity index is 2.09. The molecule has 1 aliphatic carbocycles. The molecular formula is C12H27NOSi. The van der Waals surface area contributed by atoms with Gasteiger partial charge < -0.3 is 9.41 Å². The van der Waals surface area contributed by atoms with Crippen LogP contribution in [-0.2, 0) is 4.43 Å². The van der Waals surface area contributed by atoms with Crippen LogP contribution in [0.4, 0.5) is 0 Å². The third kappa shape index (κ3) is 5.69. The zero-order valence-corrected chi connectivity index (χ0v) is 11.6. The summed E-state index contributed by atoms with van der Waals surface area (Å²) in [4.78, 5) is 3.58. The van der Waals surface area contributed by atoms with E-state index in [1.807, 2.05) is 7.11 Å². The Kier molecular flexibility index (Phi) is 7.31. The van der Waals surface area contributed by atoms with Crippen molar-refractivity contribution in [2.75, 3.05) is 13.7 Å². The third-order valence-corrected chi connectivity index (χ3v) is 5.64. The van der Waals surface area contributed by atoms with Gasteiger partial charge in [-0.2, -0.15) is 0 Å². The molecule has 0 aromatic rings. The summed E-state index contributed by atoms with van der Waals surface area (Å²) in [5.41, 5.74) is 0. The summed E-state index contributed by atoms with van der Waals surface area (Å²) in [5.74, 6) is 1.01. The van der Waals surface area contributed by atoms with Crippen molar-refractivity contribution in [3.05, 3.63) is 0 Å². The molecule has 0 aliphatic heterocycles. The van der Waals surface area contributed by atoms with Gasteiger partial charge in [0.1, 0.15) is 0 Å². The van der Waals surface area contributed by atoms with Crippen LogP contribution >= 0.6 is 0 Å². The summed E-state index contributed by atoms with van der Waals surface area (Å²) >= 11 is 0. The van der Waals surface area contributed by atoms with Gasteiger partial charge in [0.15, 0.2) is 0 Å². The highest BCUT2D eigenvalue weighted by Gasteiger charge is 2.16. The average molecular weight is 229 g/mol. The van der Waals surface area contributed by atoms with E-state index in [9.17, 15) is 0 Å². The smallest absolute Gasteiger partial charge is 0.251 e. The molecule has 1 saturated carbocycles. The Morgan fingerprint density at radius 3 is 2.60 bits per heavy atom. The van der Waals surface area contributed by atoms with Crippen molar-refractivity contribution in [3.63, 3.8) is 0 Å². The topological polar surface area (TPSA) is 21.3 Å². The SMILES string of the molecule is CCCN[SiH](CCC1CCCCC1)OC. The third-order valence-electron chi connectivity index (χ3n) is 3.47. The van der Waals surface area contributed by atoms with E-state index in [0.717, 1.165) is 12.5 Å². The molecule has 0 amide bonds. The molecule has 1 aliphatic rings. The van der Waals surface area contributed by atoms with Gasteiger partial charge in [0, 0.05) is 7.11 Å². The Morgan fingerprint density at radius 1 is 1.27 bits per heavy atom. The zero-order chi connectivity index (χ0) is 10.9. The maximum atomic E-state index is 5.57. The molecule has 0 heterocycles. The van der Waals surface area contributed by atoms with E-state index in [-0.39, 0.29) is 0 Å². The first-order chi connectivity index (χ1) is 7.36. The summed E-state index contributed by atoms with van der Waals surface area (Å²) in [6.45, 7) is 3.35. The van der Waals surface area contributed by atoms with E-state index in [2.05, 4.69) is 11.9 Å². The lowest BCUT2D eigenvalue weighted by Crippen LogP contribution is -2.36. The van der Waals surface area contributed by atoms with Gasteiger partial charge in [0.05, 0.1) is 0 Å². The van der Waals surface area contributed by atoms with Gasteiger partial charge in [0.2, 0.25) is 0 Å². The lowest BCUT2D eigenvalue weighted by Gasteiger charge is -2.23. The Morgan fingerprint density at radius 2 is 2.00 bits per heavy atom. The molecular weight excluding hydrogens is 202 g/mol. The highest BCUT2D eigenvalue weighted by atomic mass is 28.3. The van der Waals surface area contributed by atoms with Gasteiger partial charge >= 0.3 is 0 Å². The first-order valence-corrected chi connectivity index (χ1v) is 8.49. The van der Waals surface area contributed by atoms with Crippen LogP contribution < -0.4 is 4.98 Å². The Hall–Kier alpha value is 0.137. The van der Waals surface area contributed by atoms with Crippen molar-refractivity contribution in [2.24, 2.45) is 5.92 Å². The van der Waals surface area contributed by atoms with E-state index in [1.165, 1.54) is 51.0 Å². The molecule has 0 aromatic carbocycles. The molecule has 3 heteroatoms. The van der Waals surface area contributed by atoms with E-state index in [0.29, 0.717) is 0 Å². The summed E-state index contributed by atoms with van der Waals surface area (Å²) in [6, 6.07) is 1.32. The number of hydrogen-bond donors (Lipinski definition) is 1. The fourth-order valence-corrected chi connectivity index (χ4v) is 4.46. The highest BCUT2D eigenvalue weighted by molar-refractivity contribution is 6.48. The average Bonchev–Trinajstić information content (AvgIpc) is 2.31. The number of nitrogens with one attached hydrogen (secondary N) is 1. The lowest BCUT2D eigenvalue weighted by atomic mass is 9.88. The summed E-state index contributed by atoms with van der Waals surface area (Å²) in [6.07, 6.45) is 9.96. The van der Waals surface area contributed by atoms with Gasteiger partial charge in [-0.1, -0.05) is 39.0 Å². The lowest BCUT2D eigenvalue weighted by molar-refractivity contribution is 0.338. The molecule has 1 atom stereocenters. The van der Waals surface area contributed by atoms with Crippen LogP contribution in [0.1, 0.15) is 51.9 Å². The van der Waals surface area contributed by atoms with Crippen molar-refractivity contribution >= 4 is 9.20 Å². The van der Waals surface area contributed by atoms with Crippen LogP contribution in [-0.4, -0.2) is 22.9 Å². The van der Waals surface area contributed by atoms with E-state index in [1.54, 1.807) is 0 Å². The first kappa shape index (κ1) is 13.2. The standard InChI is InChI=1S/C12H27NOSi/c1-3-10-13-15(14-2)11-9-12-7-5-4-6-8-12/h12-13,15H,3-11H2,1-2H3. The van der Waals surface area contributed by atoms with Crippen LogP contribution in [0, 0.1) is 5.92 Å². The van der Waals surface area contributed by atoms with E-state index in [4.69, 9.17) is 4.43 Å². The second-order valence-electron chi connectivity index (χ2n) is 4.76. The molecule has 1 fully saturated rings. The second kappa shape index (κ2) is 8.31. The molecule has 0 saturated heterocycles. The van der Waals surface area contributed by atoms with Crippen molar-refractivity contribution in [1.29, 1.82) is 0 Å². The minimum absolute atomic E-state index is 1.01. The predicted molar refractivity (Wildman–Crippen MR) is 68.5 cm³/mol. The fourth-order valence-electron chi connectivity index (χ4n) is 2.47. The molecule has 0 aromatic heterocycles. The van der Waals surface area contributed by atoms with Gasteiger partial charge in [0.25, 0.3) is 9.20 Å². The molecule has 15 heavy (non-hydrogen) atoms. The first-order valence-electron chi connectivity index (χ1n) is 6.63. The van der Waals surface area contributed by atoms with E-state index < -0.39 is 9.20 Å². The minimum Gasteiger partial charge on any atom is -0.409 e. The monoisotopic (exact) mass is 229 g/mol. The molecule has 0 bridgehead atoms. The zero-order valence-electron chi connectivity index (χ0n) is 10.4. The number of rotatable bonds is 7. The molecule has 1 N–H and O–H groups in total. The number of hydrogen-bond acceptors (Lipinski definition) is 2. The minimum atomic E-state index is -1.05. The summed E-state index contributed by atoms with van der Waals surface area (Å²) in [7, 11) is 0.824. The van der Waals surface area contributed by atoms with Gasteiger partial charge in [-0.3, -0.25) is 0 Å². The van der Waals surface area contributed by atoms with Crippen LogP contribution in [0.3, 0.4) is 0 Å². The predicted octanol–water partition coefficient (Wildman–Crippen LogP) is 2.82. The van der Waals surface area contributed by atoms with Crippen LogP contribution in [0.2, 0.25) is 6.04 Å². The normalized spacial score (nSPS) is 20.4. The van der Waals surface area contributed by atoms with Gasteiger partial charge in [-0.15, -0.1) is 0 Å². The second-order valence-corrected chi connectivity index (χ2v) is 7.19. The molecule has 90 valence electrons. The van der Waals surface area contributed by atoms with Crippen molar-refractivity contribution in [1.82, 2.24) is 4.98 Å². The fraction of sp³-hybridized carbons (Fsp3) is 1.00. The Labute approximate surface area is 96.6 Å². The summed E-state index contributed by atoms with van der Waals surface area (Å²) in [5, 5.41) is 0. The maximum absolute atomic E-state index is 5.57. The maximum Gasteiger partial charge on any atom is 0.251 e. The largest absolute Gasteiger partial charge is 0.409 e. The molecule has 0 spiro atoms. The molecule has 0 radical (unpaired) electrons. The van der Waals surface area contributed by atoms with Crippen molar-refractivity contribution < 1.29 is 4.43 Å². The molecule has 1 rings (SSSR count). The Bertz CT molecular complexity index is 149. The quantitative estimate of drug-likeness (QED) is 0.678. The molecule has 1 unspecified atom stereocenters. The van der Waals surface area contributed by atoms with E-state index >= 15 is 0 Å². The summed E-state index contributed by atoms with van der Waals surface area (Å²) < 4.78 is 5.57. The van der Waals surface area contributed by atoms with Crippen LogP contribution in [0.15, 0.2) is 0 Å². The highest BCUT2D eigenvalue weighted by Crippen LogP contribution is 2.27. The molecule has 2 nitrogen and oxygen atoms in total.